The van der Waals surface area contributed by atoms with E-state index in [1.54, 1.807) is 0 Å². The number of carbonyl (C=O) groups is 2. The number of hydrogen-bond acceptors (Lipinski definition) is 2. The molecule has 36 heavy (non-hydrogen) atoms. The minimum atomic E-state index is -0.748. The van der Waals surface area contributed by atoms with Crippen LogP contribution in [0, 0.1) is 58.2 Å². The van der Waals surface area contributed by atoms with Gasteiger partial charge in [-0.05, 0) is 147 Å². The highest BCUT2D eigenvalue weighted by atomic mass is 16.4. The molecule has 0 unspecified atom stereocenters. The monoisotopic (exact) mass is 491 g/mol. The van der Waals surface area contributed by atoms with Crippen LogP contribution in [0.2, 0.25) is 0 Å². The van der Waals surface area contributed by atoms with Gasteiger partial charge in [-0.2, -0.15) is 0 Å². The van der Waals surface area contributed by atoms with E-state index in [-0.39, 0.29) is 10.8 Å². The number of carboxylic acid groups (broad SMARTS) is 1. The smallest absolute Gasteiger partial charge is 0.331 e. The number of carboxylic acids is 1. The molecule has 8 aliphatic carbocycles. The lowest BCUT2D eigenvalue weighted by molar-refractivity contribution is -0.133. The Morgan fingerprint density at radius 3 is 2.39 bits per heavy atom. The summed E-state index contributed by atoms with van der Waals surface area (Å²) in [6, 6.07) is 0.461. The van der Waals surface area contributed by atoms with Crippen LogP contribution in [0.3, 0.4) is 0 Å². The predicted molar refractivity (Wildman–Crippen MR) is 140 cm³/mol. The maximum Gasteiger partial charge on any atom is 0.331 e. The summed E-state index contributed by atoms with van der Waals surface area (Å²) in [4.78, 5) is 25.0. The van der Waals surface area contributed by atoms with Gasteiger partial charge in [0.2, 0.25) is 5.91 Å². The largest absolute Gasteiger partial charge is 0.478 e. The van der Waals surface area contributed by atoms with Crippen molar-refractivity contribution in [1.82, 2.24) is 5.32 Å². The number of hydrogen-bond donors (Lipinski definition) is 2. The van der Waals surface area contributed by atoms with E-state index >= 15 is 0 Å². The second-order valence-corrected chi connectivity index (χ2v) is 14.7. The van der Waals surface area contributed by atoms with E-state index in [9.17, 15) is 14.7 Å². The highest BCUT2D eigenvalue weighted by Crippen LogP contribution is 2.66. The molecule has 6 fully saturated rings. The predicted octanol–water partition coefficient (Wildman–Crippen LogP) is 6.52. The first-order valence-corrected chi connectivity index (χ1v) is 15.2. The minimum Gasteiger partial charge on any atom is -0.478 e. The lowest BCUT2D eigenvalue weighted by atomic mass is 9.47. The number of rotatable bonds is 4. The van der Waals surface area contributed by atoms with E-state index in [0.717, 1.165) is 42.9 Å². The SMILES string of the molecule is C[C@]12CC[C@H]3[C@@H](CC=C4C=C(C(=O)O)CC[C@@]43C)[C@@H]1CC[C@@H]2CC(=O)NC1C2CC3CC(C2)CC1C3. The van der Waals surface area contributed by atoms with E-state index in [2.05, 4.69) is 25.2 Å². The molecule has 4 heteroatoms. The maximum atomic E-state index is 13.4. The first-order chi connectivity index (χ1) is 17.2. The summed E-state index contributed by atoms with van der Waals surface area (Å²) in [7, 11) is 0. The van der Waals surface area contributed by atoms with Crippen LogP contribution in [0.15, 0.2) is 23.3 Å². The Morgan fingerprint density at radius 2 is 1.69 bits per heavy atom. The zero-order valence-electron chi connectivity index (χ0n) is 22.3. The Balaban J connectivity index is 1.04. The molecule has 0 spiro atoms. The Hall–Kier alpha value is -1.58. The molecule has 8 rings (SSSR count). The van der Waals surface area contributed by atoms with Crippen LogP contribution < -0.4 is 5.32 Å². The molecule has 0 aliphatic heterocycles. The standard InChI is InChI=1S/C32H45NO3/c1-31-9-7-20(30(35)36)16-23(31)3-5-25-26-6-4-24(32(26,2)10-8-27(25)31)17-28(34)33-29-21-12-18-11-19(14-21)15-22(29)13-18/h3,16,18-19,21-22,24-27,29H,4-15,17H2,1-2H3,(H,33,34)(H,35,36)/t18?,19?,21?,22?,24-,25+,26+,27+,29?,31+,32-/m1/s1. The molecule has 4 bridgehead atoms. The zero-order valence-corrected chi connectivity index (χ0v) is 22.3. The van der Waals surface area contributed by atoms with Crippen LogP contribution >= 0.6 is 0 Å². The van der Waals surface area contributed by atoms with E-state index < -0.39 is 5.97 Å². The van der Waals surface area contributed by atoms with Gasteiger partial charge in [0.05, 0.1) is 0 Å². The summed E-state index contributed by atoms with van der Waals surface area (Å²) < 4.78 is 0. The van der Waals surface area contributed by atoms with Crippen molar-refractivity contribution in [3.63, 3.8) is 0 Å². The minimum absolute atomic E-state index is 0.123. The Labute approximate surface area is 216 Å². The first kappa shape index (κ1) is 23.5. The fourth-order valence-corrected chi connectivity index (χ4v) is 11.6. The normalized spacial score (nSPS) is 50.4. The molecule has 0 aromatic heterocycles. The molecule has 196 valence electrons. The van der Waals surface area contributed by atoms with E-state index in [4.69, 9.17) is 0 Å². The summed E-state index contributed by atoms with van der Waals surface area (Å²) in [6.45, 7) is 4.94. The number of carbonyl (C=O) groups excluding carboxylic acids is 1. The summed E-state index contributed by atoms with van der Waals surface area (Å²) in [6.07, 6.45) is 19.7. The van der Waals surface area contributed by atoms with E-state index in [1.165, 1.54) is 63.4 Å². The van der Waals surface area contributed by atoms with Crippen molar-refractivity contribution in [2.45, 2.75) is 103 Å². The third kappa shape index (κ3) is 3.44. The second kappa shape index (κ2) is 8.21. The van der Waals surface area contributed by atoms with Crippen LogP contribution in [0.25, 0.3) is 0 Å². The topological polar surface area (TPSA) is 66.4 Å². The Morgan fingerprint density at radius 1 is 0.972 bits per heavy atom. The Bertz CT molecular complexity index is 998. The van der Waals surface area contributed by atoms with Gasteiger partial charge in [-0.25, -0.2) is 4.79 Å². The average molecular weight is 492 g/mol. The zero-order chi connectivity index (χ0) is 24.8. The molecule has 0 heterocycles. The molecule has 1 amide bonds. The number of amides is 1. The van der Waals surface area contributed by atoms with Crippen LogP contribution in [0.5, 0.6) is 0 Å². The van der Waals surface area contributed by atoms with Crippen molar-refractivity contribution in [3.05, 3.63) is 23.3 Å². The maximum absolute atomic E-state index is 13.4. The molecule has 6 atom stereocenters. The fourth-order valence-electron chi connectivity index (χ4n) is 11.6. The van der Waals surface area contributed by atoms with Gasteiger partial charge in [0, 0.05) is 18.0 Å². The molecule has 0 radical (unpaired) electrons. The van der Waals surface area contributed by atoms with Crippen molar-refractivity contribution >= 4 is 11.9 Å². The number of aliphatic carboxylic acids is 1. The van der Waals surface area contributed by atoms with Crippen LogP contribution in [0.1, 0.15) is 97.3 Å². The van der Waals surface area contributed by atoms with Crippen molar-refractivity contribution in [2.75, 3.05) is 0 Å². The molecule has 6 saturated carbocycles. The molecular weight excluding hydrogens is 446 g/mol. The fraction of sp³-hybridized carbons (Fsp3) is 0.812. The third-order valence-electron chi connectivity index (χ3n) is 13.2. The third-order valence-corrected chi connectivity index (χ3v) is 13.2. The van der Waals surface area contributed by atoms with Crippen molar-refractivity contribution < 1.29 is 14.7 Å². The van der Waals surface area contributed by atoms with Gasteiger partial charge < -0.3 is 10.4 Å². The van der Waals surface area contributed by atoms with Crippen molar-refractivity contribution in [1.29, 1.82) is 0 Å². The summed E-state index contributed by atoms with van der Waals surface area (Å²) in [5.74, 6) is 5.57. The van der Waals surface area contributed by atoms with Gasteiger partial charge in [0.25, 0.3) is 0 Å². The summed E-state index contributed by atoms with van der Waals surface area (Å²) in [5, 5.41) is 13.1. The Kier molecular flexibility index (Phi) is 5.36. The highest BCUT2D eigenvalue weighted by Gasteiger charge is 2.58. The molecule has 0 aromatic carbocycles. The van der Waals surface area contributed by atoms with Crippen molar-refractivity contribution in [2.24, 2.45) is 58.2 Å². The molecule has 4 nitrogen and oxygen atoms in total. The van der Waals surface area contributed by atoms with Gasteiger partial charge in [-0.3, -0.25) is 4.79 Å². The number of nitrogens with one attached hydrogen (secondary N) is 1. The molecule has 8 aliphatic rings. The van der Waals surface area contributed by atoms with E-state index in [1.807, 2.05) is 6.08 Å². The average Bonchev–Trinajstić information content (AvgIpc) is 3.16. The summed E-state index contributed by atoms with van der Waals surface area (Å²) >= 11 is 0. The van der Waals surface area contributed by atoms with Gasteiger partial charge in [-0.1, -0.05) is 19.9 Å². The summed E-state index contributed by atoms with van der Waals surface area (Å²) in [5.41, 5.74) is 2.28. The molecule has 0 aromatic rings. The van der Waals surface area contributed by atoms with Gasteiger partial charge in [0.1, 0.15) is 0 Å². The lowest BCUT2D eigenvalue weighted by Crippen LogP contribution is -2.56. The first-order valence-electron chi connectivity index (χ1n) is 15.2. The quantitative estimate of drug-likeness (QED) is 0.471. The number of fused-ring (bicyclic) bond motifs is 5. The second-order valence-electron chi connectivity index (χ2n) is 14.7. The van der Waals surface area contributed by atoms with Crippen LogP contribution in [0.4, 0.5) is 0 Å². The highest BCUT2D eigenvalue weighted by molar-refractivity contribution is 5.87. The van der Waals surface area contributed by atoms with Crippen molar-refractivity contribution in [3.8, 4) is 0 Å². The van der Waals surface area contributed by atoms with Gasteiger partial charge in [0.15, 0.2) is 0 Å². The van der Waals surface area contributed by atoms with E-state index in [0.29, 0.717) is 47.6 Å². The van der Waals surface area contributed by atoms with Gasteiger partial charge >= 0.3 is 5.97 Å². The molecule has 0 saturated heterocycles. The van der Waals surface area contributed by atoms with Gasteiger partial charge in [-0.15, -0.1) is 0 Å². The van der Waals surface area contributed by atoms with Crippen LogP contribution in [-0.2, 0) is 9.59 Å². The van der Waals surface area contributed by atoms with Crippen LogP contribution in [-0.4, -0.2) is 23.0 Å². The lowest BCUT2D eigenvalue weighted by Gasteiger charge is -2.57. The molecular formula is C32H45NO3. The molecule has 2 N–H and O–H groups in total. The number of allylic oxidation sites excluding steroid dienone is 3.